The second-order valence-electron chi connectivity index (χ2n) is 4.85. The Hall–Kier alpha value is -3.15. The van der Waals surface area contributed by atoms with E-state index in [1.807, 2.05) is 18.2 Å². The lowest BCUT2D eigenvalue weighted by Crippen LogP contribution is -2.09. The number of aromatic nitrogens is 1. The Bertz CT molecular complexity index is 852. The molecular formula is C17H13NO5. The summed E-state index contributed by atoms with van der Waals surface area (Å²) in [6, 6.07) is 10.5. The summed E-state index contributed by atoms with van der Waals surface area (Å²) in [6.07, 6.45) is 1.55. The van der Waals surface area contributed by atoms with Crippen molar-refractivity contribution in [2.24, 2.45) is 0 Å². The van der Waals surface area contributed by atoms with Gasteiger partial charge in [0, 0.05) is 23.6 Å². The molecule has 0 bridgehead atoms. The Morgan fingerprint density at radius 3 is 2.70 bits per heavy atom. The molecule has 1 aromatic carbocycles. The summed E-state index contributed by atoms with van der Waals surface area (Å²) in [4.78, 5) is 23.1. The van der Waals surface area contributed by atoms with Gasteiger partial charge in [-0.25, -0.2) is 4.79 Å². The molecule has 0 radical (unpaired) electrons. The fraction of sp³-hybridized carbons (Fsp3) is 0.118. The van der Waals surface area contributed by atoms with Gasteiger partial charge >= 0.3 is 11.9 Å². The third-order valence-corrected chi connectivity index (χ3v) is 3.34. The van der Waals surface area contributed by atoms with Crippen LogP contribution in [0.4, 0.5) is 0 Å². The van der Waals surface area contributed by atoms with E-state index in [2.05, 4.69) is 5.16 Å². The zero-order chi connectivity index (χ0) is 16.4. The van der Waals surface area contributed by atoms with Crippen LogP contribution in [0.2, 0.25) is 0 Å². The molecule has 0 fully saturated rings. The zero-order valence-electron chi connectivity index (χ0n) is 12.5. The van der Waals surface area contributed by atoms with Crippen molar-refractivity contribution >= 4 is 11.9 Å². The highest BCUT2D eigenvalue weighted by molar-refractivity contribution is 5.95. The van der Waals surface area contributed by atoms with Crippen LogP contribution in [0.15, 0.2) is 47.2 Å². The first-order chi connectivity index (χ1) is 11.1. The molecule has 1 aliphatic heterocycles. The van der Waals surface area contributed by atoms with E-state index >= 15 is 0 Å². The minimum absolute atomic E-state index is 0.139. The molecule has 0 N–H and O–H groups in total. The van der Waals surface area contributed by atoms with Gasteiger partial charge in [-0.2, -0.15) is 0 Å². The first kappa shape index (κ1) is 14.8. The summed E-state index contributed by atoms with van der Waals surface area (Å²) in [5, 5.41) is 4.03. The van der Waals surface area contributed by atoms with Crippen molar-refractivity contribution in [1.29, 1.82) is 0 Å². The highest BCUT2D eigenvalue weighted by Gasteiger charge is 2.19. The summed E-state index contributed by atoms with van der Waals surface area (Å²) < 4.78 is 14.9. The smallest absolute Gasteiger partial charge is 0.341 e. The molecule has 2 aliphatic rings. The summed E-state index contributed by atoms with van der Waals surface area (Å²) in [6.45, 7) is 1.26. The van der Waals surface area contributed by atoms with Gasteiger partial charge in [0.1, 0.15) is 23.3 Å². The fourth-order valence-corrected chi connectivity index (χ4v) is 2.34. The maximum Gasteiger partial charge on any atom is 0.341 e. The first-order valence-electron chi connectivity index (χ1n) is 6.84. The highest BCUT2D eigenvalue weighted by Crippen LogP contribution is 2.34. The van der Waals surface area contributed by atoms with Crippen molar-refractivity contribution in [3.63, 3.8) is 0 Å². The van der Waals surface area contributed by atoms with E-state index in [0.29, 0.717) is 11.3 Å². The van der Waals surface area contributed by atoms with E-state index < -0.39 is 11.9 Å². The third-order valence-electron chi connectivity index (χ3n) is 3.34. The van der Waals surface area contributed by atoms with Crippen LogP contribution in [0.1, 0.15) is 17.3 Å². The van der Waals surface area contributed by atoms with Crippen LogP contribution >= 0.6 is 0 Å². The number of benzene rings is 1. The lowest BCUT2D eigenvalue weighted by molar-refractivity contribution is -0.131. The Kier molecular flexibility index (Phi) is 3.80. The molecular weight excluding hydrogens is 298 g/mol. The number of ether oxygens (including phenoxy) is 2. The van der Waals surface area contributed by atoms with Gasteiger partial charge in [0.15, 0.2) is 0 Å². The number of carbonyl (C=O) groups is 2. The number of rotatable bonds is 3. The predicted molar refractivity (Wildman–Crippen MR) is 81.2 cm³/mol. The van der Waals surface area contributed by atoms with Gasteiger partial charge in [-0.15, -0.1) is 0 Å². The van der Waals surface area contributed by atoms with Crippen molar-refractivity contribution in [1.82, 2.24) is 5.16 Å². The molecule has 6 nitrogen and oxygen atoms in total. The van der Waals surface area contributed by atoms with Gasteiger partial charge in [0.25, 0.3) is 0 Å². The molecule has 1 heterocycles. The van der Waals surface area contributed by atoms with Crippen LogP contribution in [0.25, 0.3) is 22.4 Å². The quantitative estimate of drug-likeness (QED) is 0.546. The number of methoxy groups -OCH3 is 1. The van der Waals surface area contributed by atoms with Gasteiger partial charge in [0.05, 0.1) is 7.11 Å². The molecule has 0 saturated carbocycles. The maximum absolute atomic E-state index is 12.0. The molecule has 23 heavy (non-hydrogen) atoms. The molecule has 3 rings (SSSR count). The summed E-state index contributed by atoms with van der Waals surface area (Å²) in [7, 11) is 1.26. The van der Waals surface area contributed by atoms with Crippen LogP contribution in [0.3, 0.4) is 0 Å². The van der Waals surface area contributed by atoms with E-state index in [4.69, 9.17) is 14.0 Å². The molecule has 0 aromatic heterocycles. The van der Waals surface area contributed by atoms with Crippen LogP contribution in [0, 0.1) is 0 Å². The number of fused-ring (bicyclic) bond motifs is 1. The average Bonchev–Trinajstić information content (AvgIpc) is 3.02. The maximum atomic E-state index is 12.0. The molecule has 0 spiro atoms. The van der Waals surface area contributed by atoms with Crippen LogP contribution < -0.4 is 4.74 Å². The predicted octanol–water partition coefficient (Wildman–Crippen LogP) is 3.16. The van der Waals surface area contributed by atoms with Gasteiger partial charge in [0.2, 0.25) is 0 Å². The van der Waals surface area contributed by atoms with Crippen molar-refractivity contribution in [3.8, 4) is 28.1 Å². The number of nitrogens with zero attached hydrogens (tertiary/aromatic N) is 1. The van der Waals surface area contributed by atoms with Crippen molar-refractivity contribution in [2.45, 2.75) is 6.92 Å². The largest absolute Gasteiger partial charge is 0.465 e. The molecule has 0 atom stereocenters. The summed E-state index contributed by atoms with van der Waals surface area (Å²) >= 11 is 0. The third kappa shape index (κ3) is 2.78. The second kappa shape index (κ2) is 5.92. The normalized spacial score (nSPS) is 10.5. The monoisotopic (exact) mass is 311 g/mol. The topological polar surface area (TPSA) is 78.6 Å². The average molecular weight is 311 g/mol. The van der Waals surface area contributed by atoms with Gasteiger partial charge in [-0.05, 0) is 18.2 Å². The second-order valence-corrected chi connectivity index (χ2v) is 4.85. The van der Waals surface area contributed by atoms with E-state index in [1.54, 1.807) is 18.4 Å². The van der Waals surface area contributed by atoms with E-state index in [-0.39, 0.29) is 11.3 Å². The molecule has 6 heteroatoms. The van der Waals surface area contributed by atoms with E-state index in [1.165, 1.54) is 20.1 Å². The Morgan fingerprint density at radius 2 is 1.96 bits per heavy atom. The Labute approximate surface area is 131 Å². The lowest BCUT2D eigenvalue weighted by atomic mass is 10.0. The zero-order valence-corrected chi connectivity index (χ0v) is 12.5. The molecule has 1 aliphatic carbocycles. The van der Waals surface area contributed by atoms with Crippen molar-refractivity contribution in [2.75, 3.05) is 7.11 Å². The van der Waals surface area contributed by atoms with Crippen LogP contribution in [0.5, 0.6) is 5.75 Å². The Balaban J connectivity index is 2.12. The highest BCUT2D eigenvalue weighted by atomic mass is 16.5. The number of hydrogen-bond acceptors (Lipinski definition) is 6. The molecule has 116 valence electrons. The van der Waals surface area contributed by atoms with Gasteiger partial charge < -0.3 is 14.0 Å². The summed E-state index contributed by atoms with van der Waals surface area (Å²) in [5.41, 5.74) is 3.19. The van der Waals surface area contributed by atoms with Crippen LogP contribution in [-0.4, -0.2) is 24.2 Å². The number of esters is 2. The van der Waals surface area contributed by atoms with Gasteiger partial charge in [-0.3, -0.25) is 4.79 Å². The minimum Gasteiger partial charge on any atom is -0.465 e. The minimum atomic E-state index is -0.602. The van der Waals surface area contributed by atoms with Gasteiger partial charge in [-0.1, -0.05) is 23.4 Å². The fourth-order valence-electron chi connectivity index (χ4n) is 2.34. The molecule has 0 unspecified atom stereocenters. The molecule has 0 saturated heterocycles. The Morgan fingerprint density at radius 1 is 1.13 bits per heavy atom. The number of carbonyl (C=O) groups excluding carboxylic acids is 2. The molecule has 1 aromatic rings. The van der Waals surface area contributed by atoms with E-state index in [0.717, 1.165) is 11.1 Å². The summed E-state index contributed by atoms with van der Waals surface area (Å²) in [5.74, 6) is -0.983. The van der Waals surface area contributed by atoms with Crippen molar-refractivity contribution < 1.29 is 23.6 Å². The molecule has 0 amide bonds. The van der Waals surface area contributed by atoms with E-state index in [9.17, 15) is 9.59 Å². The van der Waals surface area contributed by atoms with Crippen molar-refractivity contribution in [3.05, 3.63) is 48.2 Å². The standard InChI is InChI=1S/C17H13NO5/c1-10(19)23-15-7-6-11(8-14(15)17(20)21-2)16-13-5-3-4-12(13)9-22-18-16/h3-9H,1-2H3. The van der Waals surface area contributed by atoms with Crippen LogP contribution in [-0.2, 0) is 9.53 Å². The number of hydrogen-bond donors (Lipinski definition) is 0. The first-order valence-corrected chi connectivity index (χ1v) is 6.84. The SMILES string of the molecule is COC(=O)c1cc(-c2nocc3cccc2-3)ccc1OC(C)=O. The lowest BCUT2D eigenvalue weighted by Gasteiger charge is -2.11.